The summed E-state index contributed by atoms with van der Waals surface area (Å²) in [4.78, 5) is 16.5. The highest BCUT2D eigenvalue weighted by molar-refractivity contribution is 9.10. The summed E-state index contributed by atoms with van der Waals surface area (Å²) in [6.07, 6.45) is 3.13. The van der Waals surface area contributed by atoms with E-state index in [1.54, 1.807) is 67.8 Å². The lowest BCUT2D eigenvalue weighted by Gasteiger charge is -2.07. The molecule has 0 saturated carbocycles. The van der Waals surface area contributed by atoms with Gasteiger partial charge in [-0.15, -0.1) is 0 Å². The number of benzene rings is 2. The van der Waals surface area contributed by atoms with Gasteiger partial charge in [-0.2, -0.15) is 0 Å². The van der Waals surface area contributed by atoms with Crippen LogP contribution < -0.4 is 0 Å². The van der Waals surface area contributed by atoms with Gasteiger partial charge in [-0.1, -0.05) is 29.8 Å². The Labute approximate surface area is 188 Å². The maximum atomic E-state index is 13.4. The fraction of sp³-hybridized carbons (Fsp3) is 0.130. The second-order valence-electron chi connectivity index (χ2n) is 6.98. The summed E-state index contributed by atoms with van der Waals surface area (Å²) >= 11 is 3.42. The number of esters is 1. The summed E-state index contributed by atoms with van der Waals surface area (Å²) in [5.41, 5.74) is 3.18. The van der Waals surface area contributed by atoms with Crippen molar-refractivity contribution in [3.05, 3.63) is 82.6 Å². The summed E-state index contributed by atoms with van der Waals surface area (Å²) in [5, 5.41) is 0.675. The molecule has 0 bridgehead atoms. The van der Waals surface area contributed by atoms with E-state index in [0.717, 1.165) is 15.6 Å². The summed E-state index contributed by atoms with van der Waals surface area (Å²) in [6.45, 7) is 3.95. The van der Waals surface area contributed by atoms with Crippen LogP contribution in [0.4, 0.5) is 0 Å². The molecule has 0 atom stereocenters. The van der Waals surface area contributed by atoms with E-state index in [4.69, 9.17) is 4.74 Å². The van der Waals surface area contributed by atoms with Gasteiger partial charge in [-0.25, -0.2) is 22.2 Å². The molecule has 158 valence electrons. The first kappa shape index (κ1) is 21.3. The molecule has 31 heavy (non-hydrogen) atoms. The Morgan fingerprint density at radius 3 is 2.42 bits per heavy atom. The van der Waals surface area contributed by atoms with Crippen molar-refractivity contribution in [2.45, 2.75) is 18.7 Å². The largest absolute Gasteiger partial charge is 0.462 e. The first-order valence-electron chi connectivity index (χ1n) is 9.57. The molecule has 2 heterocycles. The van der Waals surface area contributed by atoms with E-state index < -0.39 is 16.0 Å². The second-order valence-corrected chi connectivity index (χ2v) is 9.71. The van der Waals surface area contributed by atoms with Crippen LogP contribution in [0.2, 0.25) is 0 Å². The molecular weight excluding hydrogens is 480 g/mol. The minimum atomic E-state index is -3.85. The molecule has 0 unspecified atom stereocenters. The third-order valence-corrected chi connectivity index (χ3v) is 6.96. The zero-order valence-electron chi connectivity index (χ0n) is 16.9. The van der Waals surface area contributed by atoms with Crippen LogP contribution >= 0.6 is 15.9 Å². The quantitative estimate of drug-likeness (QED) is 0.354. The standard InChI is InChI=1S/C23H19BrN2O4S/c1-3-30-23(27)17-8-6-16(7-9-17)21-14-26(22-20(21)12-18(24)13-25-22)31(28,29)19-10-4-15(2)5-11-19/h4-14H,3H2,1-2H3. The molecular formula is C23H19BrN2O4S. The molecule has 0 aliphatic rings. The van der Waals surface area contributed by atoms with Crippen LogP contribution in [0.25, 0.3) is 22.2 Å². The van der Waals surface area contributed by atoms with E-state index >= 15 is 0 Å². The van der Waals surface area contributed by atoms with Crippen molar-refractivity contribution in [3.63, 3.8) is 0 Å². The molecule has 2 aromatic heterocycles. The SMILES string of the molecule is CCOC(=O)c1ccc(-c2cn(S(=O)(=O)c3ccc(C)cc3)c3ncc(Br)cc23)cc1. The highest BCUT2D eigenvalue weighted by Gasteiger charge is 2.23. The Balaban J connectivity index is 1.87. The minimum absolute atomic E-state index is 0.184. The van der Waals surface area contributed by atoms with Crippen LogP contribution in [-0.4, -0.2) is 30.0 Å². The Morgan fingerprint density at radius 2 is 1.77 bits per heavy atom. The lowest BCUT2D eigenvalue weighted by atomic mass is 10.0. The molecule has 4 rings (SSSR count). The van der Waals surface area contributed by atoms with Crippen molar-refractivity contribution in [2.75, 3.05) is 6.61 Å². The third kappa shape index (κ3) is 4.00. The number of aryl methyl sites for hydroxylation is 1. The monoisotopic (exact) mass is 498 g/mol. The van der Waals surface area contributed by atoms with Crippen LogP contribution in [0, 0.1) is 6.92 Å². The number of rotatable bonds is 5. The zero-order valence-corrected chi connectivity index (χ0v) is 19.3. The predicted octanol–water partition coefficient (Wildman–Crippen LogP) is 5.19. The number of carbonyl (C=O) groups is 1. The van der Waals surface area contributed by atoms with Crippen molar-refractivity contribution in [3.8, 4) is 11.1 Å². The summed E-state index contributed by atoms with van der Waals surface area (Å²) < 4.78 is 33.7. The topological polar surface area (TPSA) is 78.3 Å². The molecule has 0 spiro atoms. The summed E-state index contributed by atoms with van der Waals surface area (Å²) in [6, 6.07) is 15.4. The molecule has 0 N–H and O–H groups in total. The number of pyridine rings is 1. The van der Waals surface area contributed by atoms with Crippen molar-refractivity contribution < 1.29 is 17.9 Å². The molecule has 0 aliphatic heterocycles. The highest BCUT2D eigenvalue weighted by atomic mass is 79.9. The molecule has 0 aliphatic carbocycles. The average molecular weight is 499 g/mol. The van der Waals surface area contributed by atoms with Crippen LogP contribution in [0.3, 0.4) is 0 Å². The summed E-state index contributed by atoms with van der Waals surface area (Å²) in [7, 11) is -3.85. The molecule has 0 fully saturated rings. The molecule has 2 aromatic carbocycles. The van der Waals surface area contributed by atoms with Crippen LogP contribution in [0.15, 0.2) is 76.4 Å². The van der Waals surface area contributed by atoms with E-state index in [1.165, 1.54) is 3.97 Å². The van der Waals surface area contributed by atoms with Crippen molar-refractivity contribution in [2.24, 2.45) is 0 Å². The van der Waals surface area contributed by atoms with Gasteiger partial charge in [0.25, 0.3) is 10.0 Å². The smallest absolute Gasteiger partial charge is 0.338 e. The molecule has 8 heteroatoms. The lowest BCUT2D eigenvalue weighted by Crippen LogP contribution is -2.12. The number of fused-ring (bicyclic) bond motifs is 1. The molecule has 0 saturated heterocycles. The number of halogens is 1. The number of ether oxygens (including phenoxy) is 1. The van der Waals surface area contributed by atoms with E-state index in [0.29, 0.717) is 28.8 Å². The fourth-order valence-corrected chi connectivity index (χ4v) is 4.95. The molecule has 6 nitrogen and oxygen atoms in total. The normalized spacial score (nSPS) is 11.6. The van der Waals surface area contributed by atoms with Gasteiger partial charge in [0.05, 0.1) is 17.1 Å². The molecule has 4 aromatic rings. The van der Waals surface area contributed by atoms with Gasteiger partial charge in [0, 0.05) is 27.8 Å². The van der Waals surface area contributed by atoms with E-state index in [2.05, 4.69) is 20.9 Å². The fourth-order valence-electron chi connectivity index (χ4n) is 3.29. The van der Waals surface area contributed by atoms with Gasteiger partial charge in [-0.05, 0) is 65.7 Å². The first-order valence-corrected chi connectivity index (χ1v) is 11.8. The number of nitrogens with zero attached hydrogens (tertiary/aromatic N) is 2. The maximum Gasteiger partial charge on any atom is 0.338 e. The number of carbonyl (C=O) groups excluding carboxylic acids is 1. The van der Waals surface area contributed by atoms with Crippen LogP contribution in [0.1, 0.15) is 22.8 Å². The van der Waals surface area contributed by atoms with Gasteiger partial charge >= 0.3 is 5.97 Å². The average Bonchev–Trinajstić information content (AvgIpc) is 3.14. The zero-order chi connectivity index (χ0) is 22.2. The predicted molar refractivity (Wildman–Crippen MR) is 123 cm³/mol. The van der Waals surface area contributed by atoms with Crippen molar-refractivity contribution in [1.82, 2.24) is 8.96 Å². The van der Waals surface area contributed by atoms with Gasteiger partial charge in [0.2, 0.25) is 0 Å². The van der Waals surface area contributed by atoms with Crippen LogP contribution in [-0.2, 0) is 14.8 Å². The van der Waals surface area contributed by atoms with E-state index in [9.17, 15) is 13.2 Å². The Morgan fingerprint density at radius 1 is 1.10 bits per heavy atom. The third-order valence-electron chi connectivity index (χ3n) is 4.86. The number of hydrogen-bond donors (Lipinski definition) is 0. The van der Waals surface area contributed by atoms with Crippen molar-refractivity contribution in [1.29, 1.82) is 0 Å². The number of hydrogen-bond acceptors (Lipinski definition) is 5. The summed E-state index contributed by atoms with van der Waals surface area (Å²) in [5.74, 6) is -0.400. The molecule has 0 amide bonds. The van der Waals surface area contributed by atoms with Crippen molar-refractivity contribution >= 4 is 43.0 Å². The highest BCUT2D eigenvalue weighted by Crippen LogP contribution is 2.33. The Kier molecular flexibility index (Phi) is 5.68. The maximum absolute atomic E-state index is 13.4. The first-order chi connectivity index (χ1) is 14.8. The Hall–Kier alpha value is -2.97. The van der Waals surface area contributed by atoms with E-state index in [-0.39, 0.29) is 4.90 Å². The van der Waals surface area contributed by atoms with Gasteiger partial charge in [0.15, 0.2) is 5.65 Å². The minimum Gasteiger partial charge on any atom is -0.462 e. The van der Waals surface area contributed by atoms with E-state index in [1.807, 2.05) is 13.0 Å². The molecule has 0 radical (unpaired) electrons. The van der Waals surface area contributed by atoms with Gasteiger partial charge in [-0.3, -0.25) is 0 Å². The number of aromatic nitrogens is 2. The lowest BCUT2D eigenvalue weighted by molar-refractivity contribution is 0.0526. The Bertz CT molecular complexity index is 1380. The van der Waals surface area contributed by atoms with Gasteiger partial charge in [0.1, 0.15) is 0 Å². The van der Waals surface area contributed by atoms with Crippen LogP contribution in [0.5, 0.6) is 0 Å². The van der Waals surface area contributed by atoms with Gasteiger partial charge < -0.3 is 4.74 Å². The second kappa shape index (κ2) is 8.28.